The molecule has 9 nitrogen and oxygen atoms in total. The average Bonchev–Trinajstić information content (AvgIpc) is 3.42. The summed E-state index contributed by atoms with van der Waals surface area (Å²) >= 11 is 0. The molecule has 0 rings (SSSR count). The minimum absolute atomic E-state index is 0.0385. The summed E-state index contributed by atoms with van der Waals surface area (Å²) in [6, 6.07) is 0. The minimum atomic E-state index is -4.65. The predicted octanol–water partition coefficient (Wildman–Crippen LogP) is 19.9. The highest BCUT2D eigenvalue weighted by Crippen LogP contribution is 2.38. The lowest BCUT2D eigenvalue weighted by Gasteiger charge is -2.28. The number of nitrogens with zero attached hydrogens (tertiary/aromatic N) is 1. The number of carbonyl (C=O) groups is 2. The van der Waals surface area contributed by atoms with Crippen LogP contribution < -0.4 is 4.89 Å². The number of allylic oxidation sites excluding steroid dienone is 22. The van der Waals surface area contributed by atoms with E-state index in [0.717, 1.165) is 116 Å². The van der Waals surface area contributed by atoms with E-state index in [9.17, 15) is 19.0 Å². The largest absolute Gasteiger partial charge is 0.756 e. The highest BCUT2D eigenvalue weighted by atomic mass is 31.2. The molecular weight excluding hydrogens is 1010 g/mol. The summed E-state index contributed by atoms with van der Waals surface area (Å²) in [7, 11) is 1.15. The minimum Gasteiger partial charge on any atom is -0.756 e. The quantitative estimate of drug-likeness (QED) is 0.0195. The van der Waals surface area contributed by atoms with Crippen molar-refractivity contribution in [3.05, 3.63) is 134 Å². The molecule has 10 heteroatoms. The lowest BCUT2D eigenvalue weighted by molar-refractivity contribution is -0.870. The summed E-state index contributed by atoms with van der Waals surface area (Å²) in [5.74, 6) is -0.855. The average molecular weight is 1130 g/mol. The number of rotatable bonds is 57. The predicted molar refractivity (Wildman–Crippen MR) is 341 cm³/mol. The van der Waals surface area contributed by atoms with Crippen LogP contribution in [0.25, 0.3) is 0 Å². The van der Waals surface area contributed by atoms with E-state index in [-0.39, 0.29) is 26.1 Å². The molecule has 456 valence electrons. The molecular formula is C70H118NO8P. The van der Waals surface area contributed by atoms with Crippen LogP contribution in [0.1, 0.15) is 245 Å². The van der Waals surface area contributed by atoms with Gasteiger partial charge in [-0.25, -0.2) is 0 Å². The molecule has 0 aromatic rings. The molecule has 0 aromatic carbocycles. The molecule has 0 bridgehead atoms. The Hall–Kier alpha value is -3.85. The van der Waals surface area contributed by atoms with E-state index in [1.165, 1.54) is 89.9 Å². The Balaban J connectivity index is 4.05. The molecule has 0 heterocycles. The standard InChI is InChI=1S/C70H118NO8P/c1-6-8-10-12-14-16-18-20-22-23-24-25-26-27-28-29-30-31-32-33-34-35-36-37-38-39-40-41-42-43-44-45-46-47-49-51-53-55-57-59-61-63-70(73)79-68(67-78-80(74,75)77-65-64-71(3,4)5)66-76-69(72)62-60-58-56-54-52-50-48-21-19-17-15-13-11-9-7-2/h8,10,14-17,20-22,24-25,27-28,30-31,33-34,36-37,39-40,48,68H,6-7,9,11-13,18-19,23,26,29,32,35,38,41-47,49-67H2,1-5H3/b10-8-,16-14-,17-15-,22-20-,25-24-,28-27-,31-30-,34-33-,37-36-,40-39-,48-21-. The maximum atomic E-state index is 12.8. The maximum absolute atomic E-state index is 12.8. The van der Waals surface area contributed by atoms with Crippen molar-refractivity contribution in [1.82, 2.24) is 0 Å². The lowest BCUT2D eigenvalue weighted by atomic mass is 10.0. The third-order valence-corrected chi connectivity index (χ3v) is 14.1. The molecule has 0 spiro atoms. The first-order valence-corrected chi connectivity index (χ1v) is 33.4. The number of phosphoric ester groups is 1. The zero-order chi connectivity index (χ0) is 58.4. The second-order valence-electron chi connectivity index (χ2n) is 22.0. The third kappa shape index (κ3) is 63.3. The van der Waals surface area contributed by atoms with Crippen molar-refractivity contribution >= 4 is 19.8 Å². The van der Waals surface area contributed by atoms with Crippen LogP contribution in [0.5, 0.6) is 0 Å². The summed E-state index contributed by atoms with van der Waals surface area (Å²) < 4.78 is 34.1. The number of likely N-dealkylation sites (N-methyl/N-ethyl adjacent to an activating group) is 1. The third-order valence-electron chi connectivity index (χ3n) is 13.2. The maximum Gasteiger partial charge on any atom is 0.306 e. The van der Waals surface area contributed by atoms with Gasteiger partial charge in [-0.3, -0.25) is 14.2 Å². The smallest absolute Gasteiger partial charge is 0.306 e. The van der Waals surface area contributed by atoms with Crippen LogP contribution in [0.2, 0.25) is 0 Å². The van der Waals surface area contributed by atoms with Crippen molar-refractivity contribution < 1.29 is 42.1 Å². The van der Waals surface area contributed by atoms with Crippen LogP contribution in [0, 0.1) is 0 Å². The highest BCUT2D eigenvalue weighted by molar-refractivity contribution is 7.45. The van der Waals surface area contributed by atoms with Crippen molar-refractivity contribution in [1.29, 1.82) is 0 Å². The van der Waals surface area contributed by atoms with Gasteiger partial charge in [-0.1, -0.05) is 250 Å². The molecule has 0 aliphatic carbocycles. The van der Waals surface area contributed by atoms with E-state index in [1.807, 2.05) is 21.1 Å². The fourth-order valence-corrected chi connectivity index (χ4v) is 9.00. The van der Waals surface area contributed by atoms with Gasteiger partial charge in [0.1, 0.15) is 19.8 Å². The Labute approximate surface area is 491 Å². The van der Waals surface area contributed by atoms with Crippen molar-refractivity contribution in [3.8, 4) is 0 Å². The van der Waals surface area contributed by atoms with Gasteiger partial charge in [0.15, 0.2) is 6.10 Å². The Morgan fingerprint density at radius 1 is 0.400 bits per heavy atom. The van der Waals surface area contributed by atoms with E-state index >= 15 is 0 Å². The molecule has 0 aromatic heterocycles. The summed E-state index contributed by atoms with van der Waals surface area (Å²) in [5.41, 5.74) is 0. The molecule has 2 unspecified atom stereocenters. The van der Waals surface area contributed by atoms with Gasteiger partial charge in [-0.15, -0.1) is 0 Å². The number of esters is 2. The normalized spacial score (nSPS) is 14.1. The van der Waals surface area contributed by atoms with Crippen molar-refractivity contribution in [2.45, 2.75) is 251 Å². The van der Waals surface area contributed by atoms with E-state index in [1.54, 1.807) is 0 Å². The van der Waals surface area contributed by atoms with Crippen molar-refractivity contribution in [2.24, 2.45) is 0 Å². The molecule has 0 fully saturated rings. The number of quaternary nitrogens is 1. The molecule has 0 N–H and O–H groups in total. The summed E-state index contributed by atoms with van der Waals surface area (Å²) in [5, 5.41) is 0. The Morgan fingerprint density at radius 2 is 0.713 bits per heavy atom. The first-order valence-electron chi connectivity index (χ1n) is 31.9. The van der Waals surface area contributed by atoms with Gasteiger partial charge in [0, 0.05) is 12.8 Å². The first-order chi connectivity index (χ1) is 39.0. The van der Waals surface area contributed by atoms with Crippen LogP contribution in [-0.2, 0) is 32.7 Å². The molecule has 0 saturated heterocycles. The number of unbranched alkanes of at least 4 members (excludes halogenated alkanes) is 21. The second kappa shape index (κ2) is 59.8. The van der Waals surface area contributed by atoms with Gasteiger partial charge < -0.3 is 27.9 Å². The van der Waals surface area contributed by atoms with Crippen LogP contribution in [0.4, 0.5) is 0 Å². The molecule has 2 atom stereocenters. The van der Waals surface area contributed by atoms with Crippen LogP contribution in [0.15, 0.2) is 134 Å². The monoisotopic (exact) mass is 1130 g/mol. The Morgan fingerprint density at radius 3 is 1.06 bits per heavy atom. The number of phosphoric acid groups is 1. The van der Waals surface area contributed by atoms with Gasteiger partial charge in [-0.2, -0.15) is 0 Å². The SMILES string of the molecule is CC/C=C\C/C=C\C/C=C\C/C=C\C/C=C\C/C=C\C/C=C\C/C=C\C/C=C\CCCCCCCCCCCCCCCC(=O)OC(COC(=O)CCCCCCC/C=C\C/C=C\CCCCC)COP(=O)([O-])OCC[N+](C)(C)C. The fourth-order valence-electron chi connectivity index (χ4n) is 8.27. The van der Waals surface area contributed by atoms with E-state index in [2.05, 4.69) is 148 Å². The number of hydrogen-bond donors (Lipinski definition) is 0. The second-order valence-corrected chi connectivity index (χ2v) is 23.4. The number of carbonyl (C=O) groups excluding carboxylic acids is 2. The molecule has 0 amide bonds. The fraction of sp³-hybridized carbons (Fsp3) is 0.657. The van der Waals surface area contributed by atoms with Gasteiger partial charge in [0.25, 0.3) is 7.82 Å². The van der Waals surface area contributed by atoms with Crippen LogP contribution in [-0.4, -0.2) is 70.0 Å². The summed E-state index contributed by atoms with van der Waals surface area (Å²) in [4.78, 5) is 37.9. The van der Waals surface area contributed by atoms with E-state index < -0.39 is 32.5 Å². The molecule has 0 aliphatic heterocycles. The molecule has 0 radical (unpaired) electrons. The van der Waals surface area contributed by atoms with Gasteiger partial charge in [-0.05, 0) is 116 Å². The topological polar surface area (TPSA) is 111 Å². The summed E-state index contributed by atoms with van der Waals surface area (Å²) in [6.45, 7) is 4.07. The molecule has 0 saturated carbocycles. The zero-order valence-corrected chi connectivity index (χ0v) is 52.6. The molecule has 80 heavy (non-hydrogen) atoms. The van der Waals surface area contributed by atoms with Crippen molar-refractivity contribution in [2.75, 3.05) is 47.5 Å². The van der Waals surface area contributed by atoms with E-state index in [4.69, 9.17) is 18.5 Å². The van der Waals surface area contributed by atoms with Crippen LogP contribution >= 0.6 is 7.82 Å². The lowest BCUT2D eigenvalue weighted by Crippen LogP contribution is -2.37. The number of ether oxygens (including phenoxy) is 2. The zero-order valence-electron chi connectivity index (χ0n) is 51.7. The van der Waals surface area contributed by atoms with Crippen LogP contribution in [0.3, 0.4) is 0 Å². The molecule has 0 aliphatic rings. The Kier molecular flexibility index (Phi) is 56.9. The first kappa shape index (κ1) is 76.1. The Bertz CT molecular complexity index is 1810. The van der Waals surface area contributed by atoms with Gasteiger partial charge in [0.05, 0.1) is 27.7 Å². The van der Waals surface area contributed by atoms with Gasteiger partial charge in [0.2, 0.25) is 0 Å². The number of hydrogen-bond acceptors (Lipinski definition) is 8. The highest BCUT2D eigenvalue weighted by Gasteiger charge is 2.22. The summed E-state index contributed by atoms with van der Waals surface area (Å²) in [6.07, 6.45) is 86.6. The van der Waals surface area contributed by atoms with Crippen molar-refractivity contribution in [3.63, 3.8) is 0 Å². The van der Waals surface area contributed by atoms with E-state index in [0.29, 0.717) is 23.9 Å². The van der Waals surface area contributed by atoms with Gasteiger partial charge >= 0.3 is 11.9 Å².